The summed E-state index contributed by atoms with van der Waals surface area (Å²) in [6.45, 7) is 0. The lowest BCUT2D eigenvalue weighted by Gasteiger charge is -2.39. The first-order chi connectivity index (χ1) is 18.1. The van der Waals surface area contributed by atoms with E-state index in [0.717, 1.165) is 33.7 Å². The fraction of sp³-hybridized carbons (Fsp3) is 0.179. The summed E-state index contributed by atoms with van der Waals surface area (Å²) < 4.78 is 24.4. The first-order valence-electron chi connectivity index (χ1n) is 11.7. The standard InChI is InChI=1S/C28H24N4O5/c1-34-21-13-12-18(14-22(21)35-2)25-23-24(31-28-29-15-30-32(25)28)19-6-4-5-7-20(19)37-26(23)16-8-10-17(11-9-16)27(33)36-3/h4-15,25-26H,1-3H3,(H,29,30,31)/t25-,26+/m0/s1. The van der Waals surface area contributed by atoms with Crippen molar-refractivity contribution in [3.05, 3.63) is 101 Å². The molecule has 0 saturated carbocycles. The van der Waals surface area contributed by atoms with Crippen LogP contribution in [0.2, 0.25) is 0 Å². The Morgan fingerprint density at radius 2 is 1.70 bits per heavy atom. The molecular formula is C28H24N4O5. The van der Waals surface area contributed by atoms with Crippen LogP contribution in [0, 0.1) is 0 Å². The Labute approximate surface area is 213 Å². The van der Waals surface area contributed by atoms with E-state index in [0.29, 0.717) is 23.0 Å². The number of nitrogens with one attached hydrogen (secondary N) is 1. The molecule has 186 valence electrons. The average molecular weight is 497 g/mol. The summed E-state index contributed by atoms with van der Waals surface area (Å²) >= 11 is 0. The van der Waals surface area contributed by atoms with Gasteiger partial charge in [-0.05, 0) is 47.5 Å². The van der Waals surface area contributed by atoms with Crippen LogP contribution in [0.5, 0.6) is 17.2 Å². The van der Waals surface area contributed by atoms with Crippen LogP contribution in [0.15, 0.2) is 78.6 Å². The molecule has 2 aliphatic heterocycles. The number of para-hydroxylation sites is 1. The smallest absolute Gasteiger partial charge is 0.337 e. The SMILES string of the molecule is COC(=O)c1ccc([C@H]2Oc3ccccc3C3=C2[C@H](c2ccc(OC)c(OC)c2)n2ncnc2N3)cc1. The highest BCUT2D eigenvalue weighted by atomic mass is 16.5. The molecule has 6 rings (SSSR count). The lowest BCUT2D eigenvalue weighted by atomic mass is 9.84. The van der Waals surface area contributed by atoms with Crippen LogP contribution in [-0.4, -0.2) is 42.1 Å². The number of esters is 1. The van der Waals surface area contributed by atoms with Crippen molar-refractivity contribution in [2.24, 2.45) is 0 Å². The molecule has 4 aromatic rings. The van der Waals surface area contributed by atoms with Gasteiger partial charge < -0.3 is 24.3 Å². The van der Waals surface area contributed by atoms with E-state index in [1.165, 1.54) is 13.4 Å². The number of fused-ring (bicyclic) bond motifs is 3. The molecule has 3 aromatic carbocycles. The number of methoxy groups -OCH3 is 3. The number of hydrogen-bond donors (Lipinski definition) is 1. The number of hydrogen-bond acceptors (Lipinski definition) is 8. The number of ether oxygens (including phenoxy) is 4. The van der Waals surface area contributed by atoms with Crippen molar-refractivity contribution in [2.75, 3.05) is 26.6 Å². The number of anilines is 1. The largest absolute Gasteiger partial charge is 0.493 e. The van der Waals surface area contributed by atoms with Gasteiger partial charge in [0.05, 0.1) is 32.6 Å². The van der Waals surface area contributed by atoms with Crippen LogP contribution in [0.4, 0.5) is 5.95 Å². The van der Waals surface area contributed by atoms with E-state index >= 15 is 0 Å². The topological polar surface area (TPSA) is 96.7 Å². The molecule has 9 heteroatoms. The van der Waals surface area contributed by atoms with Gasteiger partial charge in [-0.15, -0.1) is 0 Å². The third-order valence-corrected chi connectivity index (χ3v) is 6.68. The molecule has 9 nitrogen and oxygen atoms in total. The van der Waals surface area contributed by atoms with E-state index in [2.05, 4.69) is 15.4 Å². The van der Waals surface area contributed by atoms with Crippen molar-refractivity contribution >= 4 is 17.6 Å². The van der Waals surface area contributed by atoms with Crippen molar-refractivity contribution in [1.82, 2.24) is 14.8 Å². The van der Waals surface area contributed by atoms with E-state index < -0.39 is 12.1 Å². The van der Waals surface area contributed by atoms with Gasteiger partial charge in [-0.3, -0.25) is 0 Å². The molecule has 0 unspecified atom stereocenters. The van der Waals surface area contributed by atoms with Crippen LogP contribution >= 0.6 is 0 Å². The summed E-state index contributed by atoms with van der Waals surface area (Å²) in [6.07, 6.45) is 1.06. The minimum absolute atomic E-state index is 0.354. The molecule has 0 fully saturated rings. The molecule has 1 aromatic heterocycles. The van der Waals surface area contributed by atoms with E-state index in [9.17, 15) is 4.79 Å². The van der Waals surface area contributed by atoms with Crippen LogP contribution in [0.3, 0.4) is 0 Å². The lowest BCUT2D eigenvalue weighted by Crippen LogP contribution is -2.32. The number of carbonyl (C=O) groups is 1. The number of benzene rings is 3. The first-order valence-corrected chi connectivity index (χ1v) is 11.7. The fourth-order valence-electron chi connectivity index (χ4n) is 4.95. The van der Waals surface area contributed by atoms with Crippen LogP contribution in [-0.2, 0) is 4.74 Å². The number of carbonyl (C=O) groups excluding carboxylic acids is 1. The zero-order valence-electron chi connectivity index (χ0n) is 20.5. The van der Waals surface area contributed by atoms with Gasteiger partial charge in [0.1, 0.15) is 24.2 Å². The zero-order valence-corrected chi connectivity index (χ0v) is 20.5. The molecule has 2 aliphatic rings. The highest BCUT2D eigenvalue weighted by Gasteiger charge is 2.41. The fourth-order valence-corrected chi connectivity index (χ4v) is 4.95. The van der Waals surface area contributed by atoms with Crippen molar-refractivity contribution in [3.8, 4) is 17.2 Å². The molecule has 0 spiro atoms. The molecule has 0 saturated heterocycles. The summed E-state index contributed by atoms with van der Waals surface area (Å²) in [5.74, 6) is 2.22. The molecular weight excluding hydrogens is 472 g/mol. The van der Waals surface area contributed by atoms with Crippen molar-refractivity contribution in [2.45, 2.75) is 12.1 Å². The summed E-state index contributed by atoms with van der Waals surface area (Å²) in [7, 11) is 4.59. The zero-order chi connectivity index (χ0) is 25.5. The highest BCUT2D eigenvalue weighted by molar-refractivity contribution is 5.89. The second kappa shape index (κ2) is 9.02. The second-order valence-electron chi connectivity index (χ2n) is 8.61. The van der Waals surface area contributed by atoms with E-state index in [4.69, 9.17) is 18.9 Å². The van der Waals surface area contributed by atoms with Gasteiger partial charge in [0, 0.05) is 11.1 Å². The molecule has 3 heterocycles. The van der Waals surface area contributed by atoms with Gasteiger partial charge in [-0.1, -0.05) is 30.3 Å². The maximum absolute atomic E-state index is 12.0. The molecule has 0 radical (unpaired) electrons. The van der Waals surface area contributed by atoms with Gasteiger partial charge in [0.25, 0.3) is 0 Å². The Hall–Kier alpha value is -4.79. The van der Waals surface area contributed by atoms with E-state index in [1.54, 1.807) is 26.4 Å². The van der Waals surface area contributed by atoms with Gasteiger partial charge in [-0.2, -0.15) is 10.1 Å². The molecule has 2 atom stereocenters. The van der Waals surface area contributed by atoms with Crippen molar-refractivity contribution in [3.63, 3.8) is 0 Å². The average Bonchev–Trinajstić information content (AvgIpc) is 3.43. The van der Waals surface area contributed by atoms with Gasteiger partial charge in [0.15, 0.2) is 11.5 Å². The Morgan fingerprint density at radius 3 is 2.46 bits per heavy atom. The quantitative estimate of drug-likeness (QED) is 0.399. The highest BCUT2D eigenvalue weighted by Crippen LogP contribution is 2.51. The van der Waals surface area contributed by atoms with Gasteiger partial charge in [0.2, 0.25) is 5.95 Å². The predicted molar refractivity (Wildman–Crippen MR) is 136 cm³/mol. The Bertz CT molecular complexity index is 1530. The third kappa shape index (κ3) is 3.67. The monoisotopic (exact) mass is 496 g/mol. The summed E-state index contributed by atoms with van der Waals surface area (Å²) in [4.78, 5) is 16.5. The normalized spacial score (nSPS) is 17.5. The molecule has 0 bridgehead atoms. The molecule has 0 amide bonds. The number of rotatable bonds is 5. The van der Waals surface area contributed by atoms with Gasteiger partial charge in [-0.25, -0.2) is 9.48 Å². The van der Waals surface area contributed by atoms with Crippen LogP contribution < -0.4 is 19.5 Å². The summed E-state index contributed by atoms with van der Waals surface area (Å²) in [5, 5.41) is 8.04. The van der Waals surface area contributed by atoms with E-state index in [-0.39, 0.29) is 6.04 Å². The second-order valence-corrected chi connectivity index (χ2v) is 8.61. The van der Waals surface area contributed by atoms with Crippen molar-refractivity contribution < 1.29 is 23.7 Å². The van der Waals surface area contributed by atoms with Crippen molar-refractivity contribution in [1.29, 1.82) is 0 Å². The van der Waals surface area contributed by atoms with Crippen LogP contribution in [0.1, 0.15) is 39.2 Å². The maximum Gasteiger partial charge on any atom is 0.337 e. The molecule has 37 heavy (non-hydrogen) atoms. The number of aromatic nitrogens is 3. The Morgan fingerprint density at radius 1 is 0.946 bits per heavy atom. The van der Waals surface area contributed by atoms with Crippen LogP contribution in [0.25, 0.3) is 5.70 Å². The maximum atomic E-state index is 12.0. The molecule has 1 N–H and O–H groups in total. The summed E-state index contributed by atoms with van der Waals surface area (Å²) in [5.41, 5.74) is 5.06. The summed E-state index contributed by atoms with van der Waals surface area (Å²) in [6, 6.07) is 20.6. The molecule has 0 aliphatic carbocycles. The van der Waals surface area contributed by atoms with E-state index in [1.807, 2.05) is 59.3 Å². The Kier molecular flexibility index (Phi) is 5.52. The lowest BCUT2D eigenvalue weighted by molar-refractivity contribution is 0.0600. The Balaban J connectivity index is 1.56. The van der Waals surface area contributed by atoms with Gasteiger partial charge >= 0.3 is 5.97 Å². The predicted octanol–water partition coefficient (Wildman–Crippen LogP) is 4.64. The minimum Gasteiger partial charge on any atom is -0.493 e. The third-order valence-electron chi connectivity index (χ3n) is 6.68. The first kappa shape index (κ1) is 22.7. The minimum atomic E-state index is -0.473. The number of nitrogens with zero attached hydrogens (tertiary/aromatic N) is 3.